The summed E-state index contributed by atoms with van der Waals surface area (Å²) in [5, 5.41) is 66.2. The van der Waals surface area contributed by atoms with Crippen molar-refractivity contribution in [2.45, 2.75) is 114 Å². The summed E-state index contributed by atoms with van der Waals surface area (Å²) < 4.78 is 0.463. The molecule has 0 aliphatic carbocycles. The first-order chi connectivity index (χ1) is 54.5. The van der Waals surface area contributed by atoms with Gasteiger partial charge in [-0.2, -0.15) is 0 Å². The molecule has 5 aromatic rings. The molecule has 10 amide bonds. The molecule has 5 atom stereocenters. The second-order valence-corrected chi connectivity index (χ2v) is 29.5. The van der Waals surface area contributed by atoms with Gasteiger partial charge >= 0.3 is 17.9 Å². The molecule has 2 saturated heterocycles. The number of halogens is 1. The van der Waals surface area contributed by atoms with E-state index in [-0.39, 0.29) is 228 Å². The molecular weight excluding hydrogens is 1760 g/mol. The number of hydrogen-bond acceptors (Lipinski definition) is 19. The number of rotatable bonds is 36. The van der Waals surface area contributed by atoms with Gasteiger partial charge in [-0.3, -0.25) is 86.9 Å². The number of carbonyl (C=O) groups excluding carboxylic acids is 10. The number of amides is 10. The molecule has 0 saturated carbocycles. The van der Waals surface area contributed by atoms with E-state index in [1.807, 2.05) is 96.2 Å². The Kier molecular flexibility index (Phi) is 40.4. The van der Waals surface area contributed by atoms with Crippen molar-refractivity contribution in [3.8, 4) is 5.75 Å². The Balaban J connectivity index is 0.0000206. The Morgan fingerprint density at radius 2 is 1.08 bits per heavy atom. The van der Waals surface area contributed by atoms with E-state index in [1.54, 1.807) is 31.7 Å². The smallest absolute Gasteiger partial charge is 0.317 e. The normalized spacial score (nSPS) is 17.7. The van der Waals surface area contributed by atoms with Crippen LogP contribution in [0.25, 0.3) is 10.8 Å². The zero-order valence-corrected chi connectivity index (χ0v) is 68.4. The van der Waals surface area contributed by atoms with Gasteiger partial charge in [-0.1, -0.05) is 78.4 Å². The third-order valence-electron chi connectivity index (χ3n) is 19.4. The van der Waals surface area contributed by atoms with Gasteiger partial charge in [0.1, 0.15) is 36.0 Å². The van der Waals surface area contributed by atoms with E-state index >= 15 is 0 Å². The number of likely N-dealkylation sites (N-methyl/N-ethyl adjacent to an activating group) is 1. The topological polar surface area (TPSA) is 492 Å². The van der Waals surface area contributed by atoms with E-state index in [2.05, 4.69) is 52.8 Å². The number of aliphatic carboxylic acids is 3. The van der Waals surface area contributed by atoms with Gasteiger partial charge in [0.05, 0.1) is 36.3 Å². The molecule has 2 heterocycles. The minimum atomic E-state index is -1.33. The Labute approximate surface area is 710 Å². The molecule has 0 aromatic heterocycles. The summed E-state index contributed by atoms with van der Waals surface area (Å²) in [7, 11) is 1.37. The van der Waals surface area contributed by atoms with Crippen LogP contribution in [-0.4, -0.2) is 283 Å². The molecule has 36 heteroatoms. The second kappa shape index (κ2) is 49.3. The number of carboxylic acid groups (broad SMARTS) is 3. The number of aryl methyl sites for hydroxylation is 2. The molecule has 1 unspecified atom stereocenters. The molecule has 17 N–H and O–H groups in total. The first kappa shape index (κ1) is 94.2. The summed E-state index contributed by atoms with van der Waals surface area (Å²) in [6.07, 6.45) is 2.38. The zero-order valence-electron chi connectivity index (χ0n) is 64.6. The van der Waals surface area contributed by atoms with Crippen LogP contribution in [0.5, 0.6) is 5.75 Å². The molecule has 5 aromatic carbocycles. The number of unbranched alkanes of at least 4 members (excludes halogenated alkanes) is 1. The second-order valence-electron chi connectivity index (χ2n) is 28.4. The number of carboxylic acids is 3. The number of nitrogens with one attached hydrogen (secondary N) is 9. The van der Waals surface area contributed by atoms with Gasteiger partial charge < -0.3 is 84.6 Å². The summed E-state index contributed by atoms with van der Waals surface area (Å²) in [4.78, 5) is 187. The molecule has 2 aliphatic heterocycles. The van der Waals surface area contributed by atoms with Crippen molar-refractivity contribution in [2.24, 2.45) is 16.5 Å². The Hall–Kier alpha value is -9.66. The maximum atomic E-state index is 14.8. The zero-order chi connectivity index (χ0) is 82.6. The maximum absolute atomic E-state index is 14.8. The maximum Gasteiger partial charge on any atom is 0.317 e. The number of fused-ring (bicyclic) bond motifs is 1. The third kappa shape index (κ3) is 34.0. The predicted octanol–water partition coefficient (Wildman–Crippen LogP) is 0.0342. The SMILES string of the molecule is Cc1ccc(CCCC(=O)NCCNC(=O)C(CCCCNC(=O)c2ccc(C(=O)NCCC[C@@H]3C(=O)N[C@@H](CCCN=C(N)N)C(=O)N[C@@H](Cc4ccc5ccccc5c4)C(=O)NCC(=O)N[C@H](Cc4ccc(O)c(I)c4)C(=O)N3C)cc2)NC(=O)CN2CCN(CC(=O)O)CCN(CC(=O)O)CCN(CC(=O)O)CC2)cc1.[Lu]. The minimum absolute atomic E-state index is 0. The van der Waals surface area contributed by atoms with Crippen LogP contribution in [-0.2, 0) is 72.0 Å². The van der Waals surface area contributed by atoms with E-state index in [4.69, 9.17) is 11.5 Å². The van der Waals surface area contributed by atoms with E-state index in [0.29, 0.717) is 40.4 Å². The molecule has 0 bridgehead atoms. The number of phenols is 1. The molecule has 631 valence electrons. The molecule has 115 heavy (non-hydrogen) atoms. The number of nitrogens with zero attached hydrogens (tertiary/aromatic N) is 6. The first-order valence-corrected chi connectivity index (χ1v) is 39.2. The molecule has 0 spiro atoms. The number of benzene rings is 5. The van der Waals surface area contributed by atoms with Gasteiger partial charge in [0.2, 0.25) is 47.3 Å². The Bertz CT molecular complexity index is 4150. The molecule has 1 radical (unpaired) electrons. The average molecular weight is 1870 g/mol. The van der Waals surface area contributed by atoms with E-state index in [9.17, 15) is 82.8 Å². The van der Waals surface area contributed by atoms with Crippen LogP contribution in [0.15, 0.2) is 114 Å². The van der Waals surface area contributed by atoms with Crippen LogP contribution in [0, 0.1) is 47.4 Å². The van der Waals surface area contributed by atoms with Gasteiger partial charge in [-0.05, 0) is 151 Å². The van der Waals surface area contributed by atoms with E-state index in [0.717, 1.165) is 26.8 Å². The summed E-state index contributed by atoms with van der Waals surface area (Å²) >= 11 is 1.93. The van der Waals surface area contributed by atoms with Crippen LogP contribution in [0.3, 0.4) is 0 Å². The van der Waals surface area contributed by atoms with E-state index in [1.165, 1.54) is 37.4 Å². The number of aromatic hydroxyl groups is 1. The fourth-order valence-electron chi connectivity index (χ4n) is 13.1. The van der Waals surface area contributed by atoms with Gasteiger partial charge in [0.25, 0.3) is 11.8 Å². The number of guanidine groups is 1. The van der Waals surface area contributed by atoms with Crippen LogP contribution >= 0.6 is 22.6 Å². The van der Waals surface area contributed by atoms with Crippen molar-refractivity contribution in [1.82, 2.24) is 72.4 Å². The van der Waals surface area contributed by atoms with E-state index < -0.39 is 108 Å². The van der Waals surface area contributed by atoms with Crippen LogP contribution < -0.4 is 59.3 Å². The fourth-order valence-corrected chi connectivity index (χ4v) is 13.7. The van der Waals surface area contributed by atoms with Gasteiger partial charge in [0.15, 0.2) is 5.96 Å². The Morgan fingerprint density at radius 1 is 0.548 bits per heavy atom. The summed E-state index contributed by atoms with van der Waals surface area (Å²) in [5.41, 5.74) is 15.1. The Morgan fingerprint density at radius 3 is 1.66 bits per heavy atom. The minimum Gasteiger partial charge on any atom is -0.507 e. The van der Waals surface area contributed by atoms with Crippen molar-refractivity contribution < 1.29 is 120 Å². The van der Waals surface area contributed by atoms with Crippen molar-refractivity contribution in [3.05, 3.63) is 146 Å². The van der Waals surface area contributed by atoms with Crippen LogP contribution in [0.2, 0.25) is 0 Å². The first-order valence-electron chi connectivity index (χ1n) is 38.1. The molecule has 2 aliphatic rings. The predicted molar refractivity (Wildman–Crippen MR) is 432 cm³/mol. The molecule has 2 fully saturated rings. The number of hydrogen-bond donors (Lipinski definition) is 15. The van der Waals surface area contributed by atoms with Crippen molar-refractivity contribution in [1.29, 1.82) is 0 Å². The summed E-state index contributed by atoms with van der Waals surface area (Å²) in [5.74, 6) is -9.58. The number of nitrogens with two attached hydrogens (primary N) is 2. The molecule has 7 rings (SSSR count). The summed E-state index contributed by atoms with van der Waals surface area (Å²) in [6.45, 7) is 1.68. The summed E-state index contributed by atoms with van der Waals surface area (Å²) in [6, 6.07) is 25.3. The van der Waals surface area contributed by atoms with Crippen LogP contribution in [0.4, 0.5) is 0 Å². The number of phenolic OH excluding ortho intramolecular Hbond substituents is 1. The van der Waals surface area contributed by atoms with Crippen molar-refractivity contribution in [3.63, 3.8) is 0 Å². The van der Waals surface area contributed by atoms with Crippen LogP contribution in [0.1, 0.15) is 101 Å². The molecule has 34 nitrogen and oxygen atoms in total. The van der Waals surface area contributed by atoms with Gasteiger partial charge in [-0.25, -0.2) is 0 Å². The van der Waals surface area contributed by atoms with Crippen molar-refractivity contribution in [2.75, 3.05) is 125 Å². The van der Waals surface area contributed by atoms with Gasteiger partial charge in [0, 0.05) is 159 Å². The molecular formula is C79H106ILuN17O17. The standard InChI is InChI=1S/C79H106IN17O17.Lu/c1-51-17-19-52(20-18-51)10-7-16-66(99)83-32-33-86-74(110)60(89-68(101)47-94-34-36-95(48-69(102)103)38-40-97(50-71(106)107)41-39-96(37-35-94)49-70(104)105)13-5-6-29-84-72(108)56-24-26-57(27-25-56)73(109)85-30-9-15-64-77(113)91-61(14-8-31-87-79(81)82)76(112)92-62(44-53-21-23-55-11-3-4-12-58(55)42-53)75(111)88-46-67(100)90-63(78(114)93(64)2)45-54-22-28-65(98)59(80)43-54;/h3-4,11-12,17-28,42-43,60-64,98H,5-10,13-16,29-41,44-50H2,1-2H3,(H,83,99)(H,84,108)(H,85,109)(H,86,110)(H,88,111)(H,89,101)(H,90,100)(H,91,113)(H,92,112)(H,102,103)(H,104,105)(H,106,107)(H4,81,82,87);/t60?,61-,62-,63+,64+;/m0./s1. The number of carbonyl (C=O) groups is 13. The monoisotopic (exact) mass is 1870 g/mol. The average Bonchev–Trinajstić information content (AvgIpc) is 1.82. The third-order valence-corrected chi connectivity index (χ3v) is 20.3. The van der Waals surface area contributed by atoms with Gasteiger partial charge in [-0.15, -0.1) is 0 Å². The van der Waals surface area contributed by atoms with Crippen molar-refractivity contribution >= 4 is 116 Å². The quantitative estimate of drug-likeness (QED) is 0.0109. The number of aliphatic imine (C=N–C) groups is 1. The largest absolute Gasteiger partial charge is 0.507 e. The fraction of sp³-hybridized carbons (Fsp3) is 0.468.